The Kier molecular flexibility index (Phi) is 7.86. The van der Waals surface area contributed by atoms with Crippen molar-refractivity contribution in [1.29, 1.82) is 0 Å². The lowest BCUT2D eigenvalue weighted by Crippen LogP contribution is -2.30. The van der Waals surface area contributed by atoms with Gasteiger partial charge in [-0.3, -0.25) is 4.90 Å². The van der Waals surface area contributed by atoms with Crippen LogP contribution in [-0.2, 0) is 16.0 Å². The molecule has 18 heavy (non-hydrogen) atoms. The number of rotatable bonds is 8. The van der Waals surface area contributed by atoms with Crippen molar-refractivity contribution in [3.63, 3.8) is 0 Å². The first-order chi connectivity index (χ1) is 8.67. The van der Waals surface area contributed by atoms with Gasteiger partial charge in [-0.1, -0.05) is 33.6 Å². The molecular formula is C13H19BrClNO2. The van der Waals surface area contributed by atoms with E-state index in [1.165, 1.54) is 0 Å². The Morgan fingerprint density at radius 3 is 2.28 bits per heavy atom. The molecule has 3 nitrogen and oxygen atoms in total. The molecular weight excluding hydrogens is 318 g/mol. The van der Waals surface area contributed by atoms with Crippen molar-refractivity contribution in [2.75, 3.05) is 40.5 Å². The molecule has 0 atom stereocenters. The summed E-state index contributed by atoms with van der Waals surface area (Å²) in [7, 11) is 3.42. The fraction of sp³-hybridized carbons (Fsp3) is 0.538. The highest BCUT2D eigenvalue weighted by Gasteiger charge is 2.08. The summed E-state index contributed by atoms with van der Waals surface area (Å²) in [6.45, 7) is 3.95. The molecule has 0 aliphatic carbocycles. The van der Waals surface area contributed by atoms with E-state index in [-0.39, 0.29) is 0 Å². The summed E-state index contributed by atoms with van der Waals surface area (Å²) in [6, 6.07) is 5.97. The molecule has 0 saturated carbocycles. The highest BCUT2D eigenvalue weighted by Crippen LogP contribution is 2.22. The van der Waals surface area contributed by atoms with Crippen molar-refractivity contribution >= 4 is 27.5 Å². The molecule has 1 rings (SSSR count). The van der Waals surface area contributed by atoms with Crippen molar-refractivity contribution in [3.05, 3.63) is 33.3 Å². The normalized spacial score (nSPS) is 11.2. The van der Waals surface area contributed by atoms with Gasteiger partial charge in [0.25, 0.3) is 0 Å². The molecule has 0 bridgehead atoms. The number of hydrogen-bond acceptors (Lipinski definition) is 3. The molecule has 5 heteroatoms. The maximum atomic E-state index is 6.22. The number of hydrogen-bond donors (Lipinski definition) is 0. The van der Waals surface area contributed by atoms with Gasteiger partial charge in [0, 0.05) is 43.3 Å². The average molecular weight is 337 g/mol. The zero-order valence-corrected chi connectivity index (χ0v) is 13.1. The van der Waals surface area contributed by atoms with E-state index >= 15 is 0 Å². The highest BCUT2D eigenvalue weighted by molar-refractivity contribution is 9.10. The summed E-state index contributed by atoms with van der Waals surface area (Å²) in [4.78, 5) is 2.27. The molecule has 1 aromatic carbocycles. The fourth-order valence-electron chi connectivity index (χ4n) is 1.60. The minimum Gasteiger partial charge on any atom is -0.383 e. The van der Waals surface area contributed by atoms with Crippen molar-refractivity contribution in [3.8, 4) is 0 Å². The van der Waals surface area contributed by atoms with E-state index in [1.54, 1.807) is 14.2 Å². The third-order valence-corrected chi connectivity index (χ3v) is 3.48. The zero-order chi connectivity index (χ0) is 13.4. The zero-order valence-electron chi connectivity index (χ0n) is 10.8. The predicted molar refractivity (Wildman–Crippen MR) is 78.2 cm³/mol. The van der Waals surface area contributed by atoms with E-state index < -0.39 is 0 Å². The smallest absolute Gasteiger partial charge is 0.0589 e. The number of nitrogens with zero attached hydrogens (tertiary/aromatic N) is 1. The van der Waals surface area contributed by atoms with Crippen molar-refractivity contribution < 1.29 is 9.47 Å². The second-order valence-corrected chi connectivity index (χ2v) is 5.32. The van der Waals surface area contributed by atoms with Crippen LogP contribution >= 0.6 is 27.5 Å². The van der Waals surface area contributed by atoms with Crippen LogP contribution in [-0.4, -0.2) is 45.4 Å². The topological polar surface area (TPSA) is 21.7 Å². The van der Waals surface area contributed by atoms with Gasteiger partial charge in [0.15, 0.2) is 0 Å². The molecule has 0 N–H and O–H groups in total. The van der Waals surface area contributed by atoms with Crippen LogP contribution in [0.15, 0.2) is 22.7 Å². The second-order valence-electron chi connectivity index (χ2n) is 4.00. The van der Waals surface area contributed by atoms with Crippen LogP contribution in [0.2, 0.25) is 5.02 Å². The molecule has 1 aromatic rings. The van der Waals surface area contributed by atoms with Crippen LogP contribution in [0.3, 0.4) is 0 Å². The van der Waals surface area contributed by atoms with Gasteiger partial charge in [-0.15, -0.1) is 0 Å². The average Bonchev–Trinajstić information content (AvgIpc) is 2.35. The van der Waals surface area contributed by atoms with Crippen LogP contribution in [0.4, 0.5) is 0 Å². The van der Waals surface area contributed by atoms with E-state index in [2.05, 4.69) is 20.8 Å². The molecule has 0 unspecified atom stereocenters. The molecule has 0 aromatic heterocycles. The minimum atomic E-state index is 0.706. The van der Waals surface area contributed by atoms with Gasteiger partial charge in [-0.05, 0) is 17.7 Å². The Balaban J connectivity index is 2.62. The first-order valence-corrected chi connectivity index (χ1v) is 6.98. The summed E-state index contributed by atoms with van der Waals surface area (Å²) in [5.74, 6) is 0. The lowest BCUT2D eigenvalue weighted by atomic mass is 10.2. The number of ether oxygens (including phenoxy) is 2. The second kappa shape index (κ2) is 8.88. The lowest BCUT2D eigenvalue weighted by molar-refractivity contribution is 0.110. The summed E-state index contributed by atoms with van der Waals surface area (Å²) in [5.41, 5.74) is 1.12. The highest BCUT2D eigenvalue weighted by atomic mass is 79.9. The Morgan fingerprint density at radius 1 is 1.17 bits per heavy atom. The summed E-state index contributed by atoms with van der Waals surface area (Å²) < 4.78 is 11.2. The van der Waals surface area contributed by atoms with E-state index in [1.807, 2.05) is 18.2 Å². The van der Waals surface area contributed by atoms with Gasteiger partial charge in [0.2, 0.25) is 0 Å². The largest absolute Gasteiger partial charge is 0.383 e. The maximum Gasteiger partial charge on any atom is 0.0589 e. The Hall–Kier alpha value is -0.130. The van der Waals surface area contributed by atoms with Crippen LogP contribution in [0.5, 0.6) is 0 Å². The molecule has 0 amide bonds. The number of halogens is 2. The van der Waals surface area contributed by atoms with Crippen LogP contribution < -0.4 is 0 Å². The summed E-state index contributed by atoms with van der Waals surface area (Å²) >= 11 is 9.63. The Morgan fingerprint density at radius 2 is 1.78 bits per heavy atom. The quantitative estimate of drug-likeness (QED) is 0.728. The first kappa shape index (κ1) is 15.9. The van der Waals surface area contributed by atoms with E-state index in [0.717, 1.165) is 34.7 Å². The van der Waals surface area contributed by atoms with Crippen LogP contribution in [0.1, 0.15) is 5.56 Å². The molecule has 102 valence electrons. The maximum absolute atomic E-state index is 6.22. The van der Waals surface area contributed by atoms with Gasteiger partial charge < -0.3 is 9.47 Å². The van der Waals surface area contributed by atoms with Crippen molar-refractivity contribution in [2.45, 2.75) is 6.54 Å². The molecule has 0 aliphatic heterocycles. The van der Waals surface area contributed by atoms with Crippen LogP contribution in [0, 0.1) is 0 Å². The molecule has 0 radical (unpaired) electrons. The molecule has 0 saturated heterocycles. The van der Waals surface area contributed by atoms with E-state index in [0.29, 0.717) is 13.2 Å². The molecule has 0 heterocycles. The third kappa shape index (κ3) is 5.67. The van der Waals surface area contributed by atoms with Gasteiger partial charge in [0.1, 0.15) is 0 Å². The third-order valence-electron chi connectivity index (χ3n) is 2.63. The minimum absolute atomic E-state index is 0.706. The van der Waals surface area contributed by atoms with Gasteiger partial charge in [-0.25, -0.2) is 0 Å². The molecule has 0 aliphatic rings. The monoisotopic (exact) mass is 335 g/mol. The molecule has 0 fully saturated rings. The van der Waals surface area contributed by atoms with Crippen LogP contribution in [0.25, 0.3) is 0 Å². The van der Waals surface area contributed by atoms with Gasteiger partial charge >= 0.3 is 0 Å². The Bertz CT molecular complexity index is 355. The van der Waals surface area contributed by atoms with E-state index in [9.17, 15) is 0 Å². The number of benzene rings is 1. The van der Waals surface area contributed by atoms with Gasteiger partial charge in [0.05, 0.1) is 13.2 Å². The fourth-order valence-corrected chi connectivity index (χ4v) is 2.33. The van der Waals surface area contributed by atoms with E-state index in [4.69, 9.17) is 21.1 Å². The van der Waals surface area contributed by atoms with Crippen molar-refractivity contribution in [1.82, 2.24) is 4.90 Å². The SMILES string of the molecule is COCCN(CCOC)Cc1ccc(Br)cc1Cl. The molecule has 0 spiro atoms. The van der Waals surface area contributed by atoms with Gasteiger partial charge in [-0.2, -0.15) is 0 Å². The first-order valence-electron chi connectivity index (χ1n) is 5.81. The standard InChI is InChI=1S/C13H19BrClNO2/c1-17-7-5-16(6-8-18-2)10-11-3-4-12(14)9-13(11)15/h3-4,9H,5-8,10H2,1-2H3. The Labute approximate surface area is 122 Å². The summed E-state index contributed by atoms with van der Waals surface area (Å²) in [5, 5.41) is 0.782. The lowest BCUT2D eigenvalue weighted by Gasteiger charge is -2.22. The number of methoxy groups -OCH3 is 2. The summed E-state index contributed by atoms with van der Waals surface area (Å²) in [6.07, 6.45) is 0. The van der Waals surface area contributed by atoms with Crippen molar-refractivity contribution in [2.24, 2.45) is 0 Å². The predicted octanol–water partition coefficient (Wildman–Crippen LogP) is 3.20.